The van der Waals surface area contributed by atoms with Crippen molar-refractivity contribution in [3.05, 3.63) is 50.1 Å². The molecule has 1 aromatic carbocycles. The summed E-state index contributed by atoms with van der Waals surface area (Å²) < 4.78 is 6.78. The Kier molecular flexibility index (Phi) is 4.44. The molecular weight excluding hydrogens is 334 g/mol. The van der Waals surface area contributed by atoms with E-state index < -0.39 is 0 Å². The minimum Gasteiger partial charge on any atom is -0.493 e. The van der Waals surface area contributed by atoms with Gasteiger partial charge in [-0.2, -0.15) is 0 Å². The van der Waals surface area contributed by atoms with E-state index in [-0.39, 0.29) is 6.04 Å². The monoisotopic (exact) mass is 351 g/mol. The summed E-state index contributed by atoms with van der Waals surface area (Å²) in [5, 5.41) is 3.66. The summed E-state index contributed by atoms with van der Waals surface area (Å²) in [5.41, 5.74) is 2.67. The molecule has 0 aliphatic carbocycles. The van der Waals surface area contributed by atoms with Gasteiger partial charge in [0.2, 0.25) is 0 Å². The van der Waals surface area contributed by atoms with E-state index in [4.69, 9.17) is 4.74 Å². The number of ether oxygens (including phenoxy) is 1. The molecule has 1 unspecified atom stereocenters. The van der Waals surface area contributed by atoms with E-state index in [2.05, 4.69) is 58.5 Å². The molecule has 20 heavy (non-hydrogen) atoms. The lowest BCUT2D eigenvalue weighted by molar-refractivity contribution is 0.357. The van der Waals surface area contributed by atoms with Gasteiger partial charge in [-0.3, -0.25) is 0 Å². The minimum absolute atomic E-state index is 0.275. The zero-order valence-electron chi connectivity index (χ0n) is 11.5. The number of nitrogens with one attached hydrogen (secondary N) is 1. The van der Waals surface area contributed by atoms with Crippen molar-refractivity contribution >= 4 is 27.3 Å². The first-order valence-corrected chi connectivity index (χ1v) is 8.63. The Morgan fingerprint density at radius 1 is 1.35 bits per heavy atom. The Bertz CT molecular complexity index is 596. The third-order valence-corrected chi connectivity index (χ3v) is 5.21. The van der Waals surface area contributed by atoms with Crippen LogP contribution in [0.2, 0.25) is 0 Å². The van der Waals surface area contributed by atoms with Gasteiger partial charge in [0.25, 0.3) is 0 Å². The highest BCUT2D eigenvalue weighted by atomic mass is 79.9. The first-order chi connectivity index (χ1) is 9.78. The van der Waals surface area contributed by atoms with Crippen LogP contribution in [0.15, 0.2) is 34.1 Å². The molecule has 2 aromatic rings. The van der Waals surface area contributed by atoms with Gasteiger partial charge in [0.15, 0.2) is 0 Å². The Labute approximate surface area is 132 Å². The van der Waals surface area contributed by atoms with E-state index in [1.54, 1.807) is 11.3 Å². The highest BCUT2D eigenvalue weighted by Gasteiger charge is 2.19. The van der Waals surface area contributed by atoms with Crippen LogP contribution >= 0.6 is 27.3 Å². The maximum Gasteiger partial charge on any atom is 0.122 e. The summed E-state index contributed by atoms with van der Waals surface area (Å²) in [6.07, 6.45) is 2.16. The maximum atomic E-state index is 5.60. The lowest BCUT2D eigenvalue weighted by Crippen LogP contribution is -2.22. The van der Waals surface area contributed by atoms with E-state index in [9.17, 15) is 0 Å². The molecule has 2 nitrogen and oxygen atoms in total. The Balaban J connectivity index is 1.92. The van der Waals surface area contributed by atoms with Crippen molar-refractivity contribution in [2.75, 3.05) is 13.2 Å². The predicted molar refractivity (Wildman–Crippen MR) is 87.8 cm³/mol. The van der Waals surface area contributed by atoms with E-state index in [0.717, 1.165) is 31.7 Å². The van der Waals surface area contributed by atoms with Gasteiger partial charge in [0.05, 0.1) is 16.4 Å². The molecule has 2 heterocycles. The Morgan fingerprint density at radius 3 is 3.00 bits per heavy atom. The summed E-state index contributed by atoms with van der Waals surface area (Å²) >= 11 is 5.36. The topological polar surface area (TPSA) is 21.3 Å². The van der Waals surface area contributed by atoms with Gasteiger partial charge in [-0.1, -0.05) is 19.1 Å². The van der Waals surface area contributed by atoms with Crippen molar-refractivity contribution in [1.82, 2.24) is 5.32 Å². The fraction of sp³-hybridized carbons (Fsp3) is 0.375. The SMILES string of the molecule is CCCNC(c1ccc2c(c1)CCO2)c1ccc(Br)s1. The van der Waals surface area contributed by atoms with Crippen molar-refractivity contribution in [2.45, 2.75) is 25.8 Å². The van der Waals surface area contributed by atoms with Gasteiger partial charge < -0.3 is 10.1 Å². The van der Waals surface area contributed by atoms with Crippen LogP contribution in [0, 0.1) is 0 Å². The second kappa shape index (κ2) is 6.29. The second-order valence-corrected chi connectivity index (χ2v) is 7.49. The number of hydrogen-bond acceptors (Lipinski definition) is 3. The fourth-order valence-corrected chi connectivity index (χ4v) is 4.07. The molecule has 1 atom stereocenters. The molecule has 1 aliphatic heterocycles. The van der Waals surface area contributed by atoms with Crippen molar-refractivity contribution in [2.24, 2.45) is 0 Å². The molecule has 1 aliphatic rings. The zero-order valence-corrected chi connectivity index (χ0v) is 13.9. The summed E-state index contributed by atoms with van der Waals surface area (Å²) in [4.78, 5) is 1.35. The average Bonchev–Trinajstić information content (AvgIpc) is 3.07. The van der Waals surface area contributed by atoms with Crippen molar-refractivity contribution in [3.63, 3.8) is 0 Å². The van der Waals surface area contributed by atoms with Crippen LogP contribution < -0.4 is 10.1 Å². The van der Waals surface area contributed by atoms with Crippen LogP contribution in [-0.2, 0) is 6.42 Å². The van der Waals surface area contributed by atoms with Crippen LogP contribution in [0.3, 0.4) is 0 Å². The summed E-state index contributed by atoms with van der Waals surface area (Å²) in [5.74, 6) is 1.05. The normalized spacial score (nSPS) is 14.9. The molecule has 0 fully saturated rings. The molecule has 0 spiro atoms. The van der Waals surface area contributed by atoms with Gasteiger partial charge >= 0.3 is 0 Å². The minimum atomic E-state index is 0.275. The largest absolute Gasteiger partial charge is 0.493 e. The van der Waals surface area contributed by atoms with E-state index >= 15 is 0 Å². The van der Waals surface area contributed by atoms with E-state index in [1.807, 2.05) is 0 Å². The summed E-state index contributed by atoms with van der Waals surface area (Å²) in [6.45, 7) is 4.04. The Hall–Kier alpha value is -0.840. The molecule has 0 amide bonds. The third kappa shape index (κ3) is 2.92. The molecular formula is C16H18BrNOS. The molecule has 1 N–H and O–H groups in total. The Morgan fingerprint density at radius 2 is 2.25 bits per heavy atom. The maximum absolute atomic E-state index is 5.60. The number of rotatable bonds is 5. The van der Waals surface area contributed by atoms with Crippen LogP contribution in [-0.4, -0.2) is 13.2 Å². The lowest BCUT2D eigenvalue weighted by Gasteiger charge is -2.18. The standard InChI is InChI=1S/C16H18BrNOS/c1-2-8-18-16(14-5-6-15(17)20-14)12-3-4-13-11(10-12)7-9-19-13/h3-6,10,16,18H,2,7-9H2,1H3. The van der Waals surface area contributed by atoms with Gasteiger partial charge in [-0.15, -0.1) is 11.3 Å². The molecule has 1 aromatic heterocycles. The van der Waals surface area contributed by atoms with Crippen molar-refractivity contribution < 1.29 is 4.74 Å². The van der Waals surface area contributed by atoms with Crippen LogP contribution in [0.4, 0.5) is 0 Å². The first-order valence-electron chi connectivity index (χ1n) is 7.02. The molecule has 3 rings (SSSR count). The van der Waals surface area contributed by atoms with Gasteiger partial charge in [-0.05, 0) is 58.2 Å². The van der Waals surface area contributed by atoms with E-state index in [1.165, 1.54) is 19.8 Å². The number of halogens is 1. The number of fused-ring (bicyclic) bond motifs is 1. The van der Waals surface area contributed by atoms with E-state index in [0.29, 0.717) is 0 Å². The highest BCUT2D eigenvalue weighted by Crippen LogP contribution is 2.34. The lowest BCUT2D eigenvalue weighted by atomic mass is 10.0. The van der Waals surface area contributed by atoms with Crippen molar-refractivity contribution in [1.29, 1.82) is 0 Å². The van der Waals surface area contributed by atoms with Crippen LogP contribution in [0.5, 0.6) is 5.75 Å². The predicted octanol–water partition coefficient (Wildman–Crippen LogP) is 4.53. The number of thiophene rings is 1. The number of benzene rings is 1. The smallest absolute Gasteiger partial charge is 0.122 e. The fourth-order valence-electron chi connectivity index (χ4n) is 2.54. The van der Waals surface area contributed by atoms with Crippen LogP contribution in [0.1, 0.15) is 35.4 Å². The van der Waals surface area contributed by atoms with Crippen molar-refractivity contribution in [3.8, 4) is 5.75 Å². The molecule has 4 heteroatoms. The molecule has 0 radical (unpaired) electrons. The number of hydrogen-bond donors (Lipinski definition) is 1. The molecule has 106 valence electrons. The third-order valence-electron chi connectivity index (χ3n) is 3.52. The zero-order chi connectivity index (χ0) is 13.9. The quantitative estimate of drug-likeness (QED) is 0.853. The molecule has 0 saturated carbocycles. The highest BCUT2D eigenvalue weighted by molar-refractivity contribution is 9.11. The van der Waals surface area contributed by atoms with Gasteiger partial charge in [0, 0.05) is 11.3 Å². The molecule has 0 saturated heterocycles. The van der Waals surface area contributed by atoms with Gasteiger partial charge in [0.1, 0.15) is 5.75 Å². The summed E-state index contributed by atoms with van der Waals surface area (Å²) in [7, 11) is 0. The second-order valence-electron chi connectivity index (χ2n) is 4.99. The first kappa shape index (κ1) is 14.1. The van der Waals surface area contributed by atoms with Gasteiger partial charge in [-0.25, -0.2) is 0 Å². The molecule has 0 bridgehead atoms. The summed E-state index contributed by atoms with van der Waals surface area (Å²) in [6, 6.07) is 11.2. The van der Waals surface area contributed by atoms with Crippen LogP contribution in [0.25, 0.3) is 0 Å². The average molecular weight is 352 g/mol.